The number of amides is 1. The Morgan fingerprint density at radius 2 is 1.92 bits per heavy atom. The summed E-state index contributed by atoms with van der Waals surface area (Å²) in [5.41, 5.74) is 3.79. The van der Waals surface area contributed by atoms with Crippen molar-refractivity contribution in [3.8, 4) is 0 Å². The zero-order chi connectivity index (χ0) is 17.2. The van der Waals surface area contributed by atoms with E-state index in [0.29, 0.717) is 12.6 Å². The Kier molecular flexibility index (Phi) is 4.22. The molecule has 0 radical (unpaired) electrons. The smallest absolute Gasteiger partial charge is 0.254 e. The van der Waals surface area contributed by atoms with Crippen LogP contribution in [0.2, 0.25) is 0 Å². The number of carbonyl (C=O) groups excluding carboxylic acids is 1. The number of carbonyl (C=O) groups is 1. The molecule has 0 spiro atoms. The fourth-order valence-corrected chi connectivity index (χ4v) is 3.53. The number of hydrogen-bond acceptors (Lipinski definition) is 3. The van der Waals surface area contributed by atoms with Crippen LogP contribution in [0.3, 0.4) is 0 Å². The number of piperidine rings is 1. The van der Waals surface area contributed by atoms with E-state index in [2.05, 4.69) is 17.2 Å². The normalized spacial score (nSPS) is 17.8. The van der Waals surface area contributed by atoms with Gasteiger partial charge in [0, 0.05) is 18.2 Å². The van der Waals surface area contributed by atoms with E-state index in [9.17, 15) is 4.79 Å². The second-order valence-corrected chi connectivity index (χ2v) is 6.78. The van der Waals surface area contributed by atoms with E-state index in [1.807, 2.05) is 58.1 Å². The zero-order valence-electron chi connectivity index (χ0n) is 14.4. The van der Waals surface area contributed by atoms with E-state index >= 15 is 0 Å². The number of para-hydroxylation sites is 1. The number of aromatic nitrogens is 3. The molecule has 0 bridgehead atoms. The van der Waals surface area contributed by atoms with Crippen LogP contribution in [0.5, 0.6) is 0 Å². The molecule has 1 aliphatic heterocycles. The second-order valence-electron chi connectivity index (χ2n) is 6.78. The lowest BCUT2D eigenvalue weighted by molar-refractivity contribution is 0.0635. The van der Waals surface area contributed by atoms with Gasteiger partial charge < -0.3 is 4.90 Å². The molecule has 0 N–H and O–H groups in total. The summed E-state index contributed by atoms with van der Waals surface area (Å²) in [7, 11) is 0. The van der Waals surface area contributed by atoms with Crippen molar-refractivity contribution in [2.75, 3.05) is 6.54 Å². The molecule has 5 nitrogen and oxygen atoms in total. The first kappa shape index (κ1) is 15.8. The molecule has 1 atom stereocenters. The quantitative estimate of drug-likeness (QED) is 0.737. The van der Waals surface area contributed by atoms with Crippen molar-refractivity contribution in [2.24, 2.45) is 0 Å². The Morgan fingerprint density at radius 1 is 1.12 bits per heavy atom. The van der Waals surface area contributed by atoms with Crippen LogP contribution >= 0.6 is 0 Å². The van der Waals surface area contributed by atoms with Crippen LogP contribution in [0.4, 0.5) is 0 Å². The van der Waals surface area contributed by atoms with Crippen molar-refractivity contribution in [1.82, 2.24) is 19.9 Å². The van der Waals surface area contributed by atoms with Gasteiger partial charge in [0.15, 0.2) is 0 Å². The molecule has 4 rings (SSSR count). The second kappa shape index (κ2) is 6.67. The highest BCUT2D eigenvalue weighted by atomic mass is 16.2. The summed E-state index contributed by atoms with van der Waals surface area (Å²) >= 11 is 0. The van der Waals surface area contributed by atoms with Gasteiger partial charge in [0.25, 0.3) is 5.91 Å². The predicted molar refractivity (Wildman–Crippen MR) is 97.4 cm³/mol. The van der Waals surface area contributed by atoms with Crippen LogP contribution in [-0.2, 0) is 6.54 Å². The Balaban J connectivity index is 1.51. The molecule has 3 aromatic rings. The topological polar surface area (TPSA) is 51.0 Å². The standard InChI is InChI=1S/C20H22N4O/c1-15-6-4-5-13-23(15)20(25)17-11-9-16(10-12-17)14-24-19-8-3-2-7-18(19)21-22-24/h2-3,7-12,15H,4-6,13-14H2,1H3/t15-/m0/s1. The summed E-state index contributed by atoms with van der Waals surface area (Å²) in [6.45, 7) is 3.66. The van der Waals surface area contributed by atoms with E-state index in [1.54, 1.807) is 0 Å². The fraction of sp³-hybridized carbons (Fsp3) is 0.350. The van der Waals surface area contributed by atoms with E-state index in [0.717, 1.165) is 41.5 Å². The van der Waals surface area contributed by atoms with E-state index < -0.39 is 0 Å². The minimum Gasteiger partial charge on any atom is -0.336 e. The Morgan fingerprint density at radius 3 is 2.72 bits per heavy atom. The first-order chi connectivity index (χ1) is 12.2. The molecule has 5 heteroatoms. The van der Waals surface area contributed by atoms with Crippen LogP contribution in [0.15, 0.2) is 48.5 Å². The number of benzene rings is 2. The molecule has 0 aliphatic carbocycles. The maximum atomic E-state index is 12.7. The Labute approximate surface area is 147 Å². The number of hydrogen-bond donors (Lipinski definition) is 0. The molecule has 0 unspecified atom stereocenters. The minimum atomic E-state index is 0.143. The third kappa shape index (κ3) is 3.14. The molecule has 1 aliphatic rings. The number of likely N-dealkylation sites (tertiary alicyclic amines) is 1. The molecular formula is C20H22N4O. The molecule has 2 aromatic carbocycles. The largest absolute Gasteiger partial charge is 0.336 e. The van der Waals surface area contributed by atoms with Crippen LogP contribution in [0, 0.1) is 0 Å². The highest BCUT2D eigenvalue weighted by molar-refractivity contribution is 5.94. The molecule has 1 aromatic heterocycles. The van der Waals surface area contributed by atoms with Crippen molar-refractivity contribution in [3.05, 3.63) is 59.7 Å². The van der Waals surface area contributed by atoms with Gasteiger partial charge in [-0.05, 0) is 56.0 Å². The first-order valence-electron chi connectivity index (χ1n) is 8.90. The van der Waals surface area contributed by atoms with Gasteiger partial charge in [-0.1, -0.05) is 29.5 Å². The maximum absolute atomic E-state index is 12.7. The molecule has 1 amide bonds. The monoisotopic (exact) mass is 334 g/mol. The first-order valence-corrected chi connectivity index (χ1v) is 8.90. The van der Waals surface area contributed by atoms with Gasteiger partial charge in [0.2, 0.25) is 0 Å². The van der Waals surface area contributed by atoms with Gasteiger partial charge >= 0.3 is 0 Å². The van der Waals surface area contributed by atoms with Crippen LogP contribution in [0.1, 0.15) is 42.1 Å². The molecule has 128 valence electrons. The molecule has 1 saturated heterocycles. The highest BCUT2D eigenvalue weighted by Gasteiger charge is 2.24. The fourth-order valence-electron chi connectivity index (χ4n) is 3.53. The third-order valence-corrected chi connectivity index (χ3v) is 5.02. The van der Waals surface area contributed by atoms with Gasteiger partial charge in [0.05, 0.1) is 12.1 Å². The third-order valence-electron chi connectivity index (χ3n) is 5.02. The molecular weight excluding hydrogens is 312 g/mol. The highest BCUT2D eigenvalue weighted by Crippen LogP contribution is 2.20. The lowest BCUT2D eigenvalue weighted by Gasteiger charge is -2.33. The average Bonchev–Trinajstić information content (AvgIpc) is 3.05. The van der Waals surface area contributed by atoms with Crippen LogP contribution in [0.25, 0.3) is 11.0 Å². The lowest BCUT2D eigenvalue weighted by atomic mass is 10.0. The van der Waals surface area contributed by atoms with E-state index in [4.69, 9.17) is 0 Å². The van der Waals surface area contributed by atoms with Gasteiger partial charge in [0.1, 0.15) is 5.52 Å². The molecule has 2 heterocycles. The minimum absolute atomic E-state index is 0.143. The summed E-state index contributed by atoms with van der Waals surface area (Å²) in [4.78, 5) is 14.7. The Hall–Kier alpha value is -2.69. The van der Waals surface area contributed by atoms with E-state index in [1.165, 1.54) is 6.42 Å². The lowest BCUT2D eigenvalue weighted by Crippen LogP contribution is -2.42. The molecule has 1 fully saturated rings. The summed E-state index contributed by atoms with van der Waals surface area (Å²) in [6, 6.07) is 16.1. The van der Waals surface area contributed by atoms with Crippen molar-refractivity contribution < 1.29 is 4.79 Å². The van der Waals surface area contributed by atoms with E-state index in [-0.39, 0.29) is 5.91 Å². The van der Waals surface area contributed by atoms with Crippen molar-refractivity contribution >= 4 is 16.9 Å². The number of nitrogens with zero attached hydrogens (tertiary/aromatic N) is 4. The maximum Gasteiger partial charge on any atom is 0.254 e. The summed E-state index contributed by atoms with van der Waals surface area (Å²) in [5, 5.41) is 8.41. The van der Waals surface area contributed by atoms with Gasteiger partial charge in [-0.2, -0.15) is 0 Å². The molecule has 25 heavy (non-hydrogen) atoms. The average molecular weight is 334 g/mol. The van der Waals surface area contributed by atoms with Gasteiger partial charge in [-0.25, -0.2) is 4.68 Å². The van der Waals surface area contributed by atoms with Crippen LogP contribution < -0.4 is 0 Å². The number of rotatable bonds is 3. The summed E-state index contributed by atoms with van der Waals surface area (Å²) in [5.74, 6) is 0.143. The number of fused-ring (bicyclic) bond motifs is 1. The summed E-state index contributed by atoms with van der Waals surface area (Å²) < 4.78 is 1.89. The molecule has 0 saturated carbocycles. The summed E-state index contributed by atoms with van der Waals surface area (Å²) in [6.07, 6.45) is 3.42. The van der Waals surface area contributed by atoms with Crippen molar-refractivity contribution in [3.63, 3.8) is 0 Å². The van der Waals surface area contributed by atoms with Gasteiger partial charge in [-0.15, -0.1) is 5.10 Å². The van der Waals surface area contributed by atoms with Crippen LogP contribution in [-0.4, -0.2) is 38.4 Å². The predicted octanol–water partition coefficient (Wildman–Crippen LogP) is 3.49. The van der Waals surface area contributed by atoms with Crippen molar-refractivity contribution in [1.29, 1.82) is 0 Å². The Bertz CT molecular complexity index is 884. The van der Waals surface area contributed by atoms with Crippen molar-refractivity contribution in [2.45, 2.75) is 38.8 Å². The van der Waals surface area contributed by atoms with Gasteiger partial charge in [-0.3, -0.25) is 4.79 Å². The SMILES string of the molecule is C[C@H]1CCCCN1C(=O)c1ccc(Cn2nnc3ccccc32)cc1. The zero-order valence-corrected chi connectivity index (χ0v) is 14.4.